The maximum atomic E-state index is 11.6. The molecule has 2 amide bonds. The summed E-state index contributed by atoms with van der Waals surface area (Å²) >= 11 is 0. The minimum Gasteiger partial charge on any atom is -0.367 e. The first-order chi connectivity index (χ1) is 12.0. The van der Waals surface area contributed by atoms with E-state index in [1.807, 2.05) is 58.2 Å². The van der Waals surface area contributed by atoms with Crippen LogP contribution in [-0.4, -0.2) is 18.1 Å². The van der Waals surface area contributed by atoms with Crippen LogP contribution < -0.4 is 21.5 Å². The summed E-state index contributed by atoms with van der Waals surface area (Å²) in [5, 5.41) is 2.78. The molecule has 6 heteroatoms. The number of hydrogen-bond acceptors (Lipinski definition) is 4. The minimum atomic E-state index is -0.443. The molecule has 0 aliphatic heterocycles. The third-order valence-electron chi connectivity index (χ3n) is 3.61. The van der Waals surface area contributed by atoms with Crippen LogP contribution in [0.15, 0.2) is 36.4 Å². The first-order valence-electron chi connectivity index (χ1n) is 8.58. The molecular formula is C19H29N5O. The van der Waals surface area contributed by atoms with Gasteiger partial charge in [-0.25, -0.2) is 10.6 Å². The number of carbonyl (C=O) groups excluding carboxylic acids is 1. The first kappa shape index (κ1) is 20.4. The Morgan fingerprint density at radius 1 is 1.20 bits per heavy atom. The van der Waals surface area contributed by atoms with E-state index >= 15 is 0 Å². The first-order valence-corrected chi connectivity index (χ1v) is 8.58. The number of anilines is 2. The molecule has 0 radical (unpaired) electrons. The molecule has 0 atom stereocenters. The minimum absolute atomic E-state index is 0.443. The fourth-order valence-electron chi connectivity index (χ4n) is 2.60. The molecule has 0 bridgehead atoms. The van der Waals surface area contributed by atoms with Crippen molar-refractivity contribution < 1.29 is 4.79 Å². The Hall–Kier alpha value is -2.60. The van der Waals surface area contributed by atoms with Crippen molar-refractivity contribution in [1.29, 1.82) is 0 Å². The van der Waals surface area contributed by atoms with Crippen LogP contribution in [-0.2, 0) is 13.0 Å². The second-order valence-electron chi connectivity index (χ2n) is 5.39. The van der Waals surface area contributed by atoms with E-state index in [0.29, 0.717) is 6.54 Å². The predicted octanol–water partition coefficient (Wildman–Crippen LogP) is 3.61. The SMILES string of the molecule is CC.CCc1cccc(NC(=O)NN)c1N(C)Cc1cccc(C)n1. The maximum Gasteiger partial charge on any atom is 0.333 e. The van der Waals surface area contributed by atoms with Crippen LogP contribution in [0.1, 0.15) is 37.7 Å². The number of carbonyl (C=O) groups is 1. The molecule has 0 saturated heterocycles. The van der Waals surface area contributed by atoms with Crippen LogP contribution in [0.4, 0.5) is 16.2 Å². The molecule has 1 heterocycles. The van der Waals surface area contributed by atoms with Gasteiger partial charge in [0.05, 0.1) is 23.6 Å². The number of rotatable bonds is 5. The van der Waals surface area contributed by atoms with Crippen molar-refractivity contribution in [3.63, 3.8) is 0 Å². The van der Waals surface area contributed by atoms with Gasteiger partial charge in [-0.3, -0.25) is 10.4 Å². The van der Waals surface area contributed by atoms with Crippen molar-refractivity contribution in [2.75, 3.05) is 17.3 Å². The number of nitrogens with one attached hydrogen (secondary N) is 2. The lowest BCUT2D eigenvalue weighted by Crippen LogP contribution is -2.35. The van der Waals surface area contributed by atoms with Crippen molar-refractivity contribution in [1.82, 2.24) is 10.4 Å². The highest BCUT2D eigenvalue weighted by molar-refractivity contribution is 5.93. The van der Waals surface area contributed by atoms with Crippen LogP contribution in [0.25, 0.3) is 0 Å². The van der Waals surface area contributed by atoms with E-state index in [2.05, 4.69) is 33.6 Å². The van der Waals surface area contributed by atoms with E-state index in [1.165, 1.54) is 0 Å². The second-order valence-corrected chi connectivity index (χ2v) is 5.39. The largest absolute Gasteiger partial charge is 0.367 e. The van der Waals surface area contributed by atoms with E-state index in [-0.39, 0.29) is 0 Å². The van der Waals surface area contributed by atoms with Crippen molar-refractivity contribution in [3.8, 4) is 0 Å². The molecular weight excluding hydrogens is 314 g/mol. The van der Waals surface area contributed by atoms with Crippen LogP contribution in [0.3, 0.4) is 0 Å². The van der Waals surface area contributed by atoms with Gasteiger partial charge < -0.3 is 10.2 Å². The quantitative estimate of drug-likeness (QED) is 0.440. The lowest BCUT2D eigenvalue weighted by atomic mass is 10.1. The Morgan fingerprint density at radius 2 is 1.88 bits per heavy atom. The molecule has 1 aromatic heterocycles. The number of nitrogens with two attached hydrogens (primary N) is 1. The highest BCUT2D eigenvalue weighted by Crippen LogP contribution is 2.30. The zero-order valence-electron chi connectivity index (χ0n) is 15.8. The summed E-state index contributed by atoms with van der Waals surface area (Å²) in [6.07, 6.45) is 0.862. The smallest absolute Gasteiger partial charge is 0.333 e. The van der Waals surface area contributed by atoms with Gasteiger partial charge in [0, 0.05) is 12.7 Å². The van der Waals surface area contributed by atoms with Crippen molar-refractivity contribution >= 4 is 17.4 Å². The molecule has 25 heavy (non-hydrogen) atoms. The Bertz CT molecular complexity index is 687. The van der Waals surface area contributed by atoms with E-state index < -0.39 is 6.03 Å². The van der Waals surface area contributed by atoms with E-state index in [0.717, 1.165) is 34.7 Å². The molecule has 0 spiro atoms. The molecule has 0 fully saturated rings. The van der Waals surface area contributed by atoms with Gasteiger partial charge in [-0.1, -0.05) is 39.0 Å². The van der Waals surface area contributed by atoms with Crippen molar-refractivity contribution in [3.05, 3.63) is 53.3 Å². The average Bonchev–Trinajstić information content (AvgIpc) is 2.62. The summed E-state index contributed by atoms with van der Waals surface area (Å²) in [5.41, 5.74) is 6.91. The third-order valence-corrected chi connectivity index (χ3v) is 3.61. The monoisotopic (exact) mass is 343 g/mol. The van der Waals surface area contributed by atoms with Crippen molar-refractivity contribution in [2.45, 2.75) is 40.7 Å². The molecule has 2 aromatic rings. The second kappa shape index (κ2) is 10.3. The van der Waals surface area contributed by atoms with Gasteiger partial charge in [0.15, 0.2) is 0 Å². The molecule has 6 nitrogen and oxygen atoms in total. The van der Waals surface area contributed by atoms with Gasteiger partial charge in [0.1, 0.15) is 0 Å². The number of pyridine rings is 1. The summed E-state index contributed by atoms with van der Waals surface area (Å²) in [6.45, 7) is 8.71. The molecule has 136 valence electrons. The Labute approximate surface area is 150 Å². The summed E-state index contributed by atoms with van der Waals surface area (Å²) in [5.74, 6) is 5.17. The third kappa shape index (κ3) is 5.76. The molecule has 0 aliphatic rings. The summed E-state index contributed by atoms with van der Waals surface area (Å²) in [4.78, 5) is 18.2. The Morgan fingerprint density at radius 3 is 2.48 bits per heavy atom. The number of benzene rings is 1. The summed E-state index contributed by atoms with van der Waals surface area (Å²) < 4.78 is 0. The highest BCUT2D eigenvalue weighted by Gasteiger charge is 2.14. The summed E-state index contributed by atoms with van der Waals surface area (Å²) in [7, 11) is 1.99. The molecule has 4 N–H and O–H groups in total. The molecule has 2 rings (SSSR count). The van der Waals surface area contributed by atoms with E-state index in [9.17, 15) is 4.79 Å². The topological polar surface area (TPSA) is 83.3 Å². The van der Waals surface area contributed by atoms with Gasteiger partial charge in [-0.05, 0) is 37.1 Å². The summed E-state index contributed by atoms with van der Waals surface area (Å²) in [6, 6.07) is 11.4. The van der Waals surface area contributed by atoms with Crippen LogP contribution in [0, 0.1) is 6.92 Å². The molecule has 1 aromatic carbocycles. The average molecular weight is 343 g/mol. The van der Waals surface area contributed by atoms with Crippen LogP contribution >= 0.6 is 0 Å². The normalized spacial score (nSPS) is 9.68. The van der Waals surface area contributed by atoms with Crippen molar-refractivity contribution in [2.24, 2.45) is 5.84 Å². The zero-order valence-corrected chi connectivity index (χ0v) is 15.8. The fraction of sp³-hybridized carbons (Fsp3) is 0.368. The van der Waals surface area contributed by atoms with Crippen LogP contribution in [0.5, 0.6) is 0 Å². The van der Waals surface area contributed by atoms with Gasteiger partial charge in [-0.2, -0.15) is 0 Å². The van der Waals surface area contributed by atoms with Gasteiger partial charge in [0.2, 0.25) is 0 Å². The number of aromatic nitrogens is 1. The number of amides is 2. The maximum absolute atomic E-state index is 11.6. The number of hydrogen-bond donors (Lipinski definition) is 3. The lowest BCUT2D eigenvalue weighted by molar-refractivity contribution is 0.252. The number of nitrogens with zero attached hydrogens (tertiary/aromatic N) is 2. The number of aryl methyl sites for hydroxylation is 2. The Balaban J connectivity index is 0.00000151. The lowest BCUT2D eigenvalue weighted by Gasteiger charge is -2.25. The number of hydrazine groups is 1. The standard InChI is InChI=1S/C17H23N5O.C2H6/c1-4-13-8-6-10-15(20-17(23)21-18)16(13)22(3)11-14-9-5-7-12(2)19-14;1-2/h5-10H,4,11,18H2,1-3H3,(H2,20,21,23);1-2H3. The van der Waals surface area contributed by atoms with Crippen LogP contribution in [0.2, 0.25) is 0 Å². The zero-order chi connectivity index (χ0) is 18.8. The molecule has 0 unspecified atom stereocenters. The van der Waals surface area contributed by atoms with Gasteiger partial charge in [0.25, 0.3) is 0 Å². The molecule has 0 saturated carbocycles. The van der Waals surface area contributed by atoms with E-state index in [1.54, 1.807) is 0 Å². The van der Waals surface area contributed by atoms with E-state index in [4.69, 9.17) is 5.84 Å². The molecule has 0 aliphatic carbocycles. The number of para-hydroxylation sites is 1. The fourth-order valence-corrected chi connectivity index (χ4v) is 2.60. The highest BCUT2D eigenvalue weighted by atomic mass is 16.2. The Kier molecular flexibility index (Phi) is 8.43. The predicted molar refractivity (Wildman–Crippen MR) is 105 cm³/mol. The number of urea groups is 1. The van der Waals surface area contributed by atoms with Gasteiger partial charge >= 0.3 is 6.03 Å². The van der Waals surface area contributed by atoms with Gasteiger partial charge in [-0.15, -0.1) is 0 Å².